The Labute approximate surface area is 100.0 Å². The summed E-state index contributed by atoms with van der Waals surface area (Å²) in [5.74, 6) is 0.936. The van der Waals surface area contributed by atoms with Gasteiger partial charge in [-0.3, -0.25) is 4.79 Å². The zero-order chi connectivity index (χ0) is 11.7. The van der Waals surface area contributed by atoms with Gasteiger partial charge in [0.05, 0.1) is 12.2 Å². The molecule has 0 saturated carbocycles. The summed E-state index contributed by atoms with van der Waals surface area (Å²) >= 11 is 1.81. The van der Waals surface area contributed by atoms with E-state index in [0.29, 0.717) is 0 Å². The second-order valence-electron chi connectivity index (χ2n) is 4.05. The molecular weight excluding hydrogens is 220 g/mol. The number of hydrogen-bond acceptors (Lipinski definition) is 3. The Morgan fingerprint density at radius 2 is 2.38 bits per heavy atom. The van der Waals surface area contributed by atoms with Crippen molar-refractivity contribution in [3.8, 4) is 0 Å². The molecule has 0 bridgehead atoms. The van der Waals surface area contributed by atoms with Crippen LogP contribution in [0.5, 0.6) is 0 Å². The number of thioether (sulfide) groups is 1. The standard InChI is InChI=1S/C12H16N2OS/c1-8-4-3-5-10-12(8)14(11(15)6-13)9(2)7-16-10/h3-5,9H,6-7,13H2,1-2H3. The molecule has 0 aliphatic carbocycles. The number of nitrogens with zero attached hydrogens (tertiary/aromatic N) is 1. The van der Waals surface area contributed by atoms with Gasteiger partial charge in [0.2, 0.25) is 5.91 Å². The normalized spacial score (nSPS) is 19.4. The Balaban J connectivity index is 2.51. The third kappa shape index (κ3) is 1.83. The van der Waals surface area contributed by atoms with Gasteiger partial charge in [0.15, 0.2) is 0 Å². The third-order valence-corrected chi connectivity index (χ3v) is 4.10. The maximum atomic E-state index is 11.9. The monoisotopic (exact) mass is 236 g/mol. The van der Waals surface area contributed by atoms with E-state index in [2.05, 4.69) is 13.0 Å². The molecule has 1 aromatic carbocycles. The van der Waals surface area contributed by atoms with E-state index in [-0.39, 0.29) is 18.5 Å². The van der Waals surface area contributed by atoms with Gasteiger partial charge in [0.25, 0.3) is 0 Å². The average Bonchev–Trinajstić information content (AvgIpc) is 2.29. The zero-order valence-electron chi connectivity index (χ0n) is 9.56. The molecule has 1 atom stereocenters. The van der Waals surface area contributed by atoms with Gasteiger partial charge >= 0.3 is 0 Å². The van der Waals surface area contributed by atoms with Gasteiger partial charge in [0, 0.05) is 16.7 Å². The van der Waals surface area contributed by atoms with E-state index in [9.17, 15) is 4.79 Å². The highest BCUT2D eigenvalue weighted by atomic mass is 32.2. The third-order valence-electron chi connectivity index (χ3n) is 2.81. The Morgan fingerprint density at radius 3 is 3.06 bits per heavy atom. The van der Waals surface area contributed by atoms with Crippen LogP contribution >= 0.6 is 11.8 Å². The van der Waals surface area contributed by atoms with Crippen LogP contribution in [0.3, 0.4) is 0 Å². The predicted octanol–water partition coefficient (Wildman–Crippen LogP) is 1.78. The van der Waals surface area contributed by atoms with Crippen LogP contribution in [0.1, 0.15) is 12.5 Å². The van der Waals surface area contributed by atoms with Crippen LogP contribution in [-0.2, 0) is 4.79 Å². The van der Waals surface area contributed by atoms with E-state index in [0.717, 1.165) is 17.0 Å². The molecule has 0 radical (unpaired) electrons. The lowest BCUT2D eigenvalue weighted by atomic mass is 10.1. The van der Waals surface area contributed by atoms with E-state index in [1.807, 2.05) is 35.7 Å². The van der Waals surface area contributed by atoms with Crippen molar-refractivity contribution in [2.45, 2.75) is 24.8 Å². The first kappa shape index (κ1) is 11.5. The van der Waals surface area contributed by atoms with Crippen LogP contribution < -0.4 is 10.6 Å². The summed E-state index contributed by atoms with van der Waals surface area (Å²) in [6.45, 7) is 4.17. The number of para-hydroxylation sites is 1. The quantitative estimate of drug-likeness (QED) is 0.808. The molecule has 1 aromatic rings. The van der Waals surface area contributed by atoms with E-state index in [1.165, 1.54) is 4.90 Å². The van der Waals surface area contributed by atoms with Gasteiger partial charge in [-0.15, -0.1) is 11.8 Å². The number of nitrogens with two attached hydrogens (primary N) is 1. The van der Waals surface area contributed by atoms with Crippen molar-refractivity contribution in [1.82, 2.24) is 0 Å². The maximum Gasteiger partial charge on any atom is 0.241 e. The molecule has 86 valence electrons. The number of aryl methyl sites for hydroxylation is 1. The lowest BCUT2D eigenvalue weighted by molar-refractivity contribution is -0.117. The SMILES string of the molecule is Cc1cccc2c1N(C(=O)CN)C(C)CS2. The van der Waals surface area contributed by atoms with Gasteiger partial charge < -0.3 is 10.6 Å². The molecule has 3 nitrogen and oxygen atoms in total. The van der Waals surface area contributed by atoms with Crippen LogP contribution in [0, 0.1) is 6.92 Å². The number of carbonyl (C=O) groups excluding carboxylic acids is 1. The fourth-order valence-electron chi connectivity index (χ4n) is 2.03. The highest BCUT2D eigenvalue weighted by Crippen LogP contribution is 2.39. The van der Waals surface area contributed by atoms with Gasteiger partial charge in [-0.25, -0.2) is 0 Å². The fraction of sp³-hybridized carbons (Fsp3) is 0.417. The first-order chi connectivity index (χ1) is 7.65. The van der Waals surface area contributed by atoms with Crippen LogP contribution in [0.4, 0.5) is 5.69 Å². The Morgan fingerprint density at radius 1 is 1.62 bits per heavy atom. The van der Waals surface area contributed by atoms with Gasteiger partial charge in [-0.1, -0.05) is 12.1 Å². The van der Waals surface area contributed by atoms with Crippen molar-refractivity contribution in [1.29, 1.82) is 0 Å². The molecule has 4 heteroatoms. The molecule has 1 aliphatic rings. The van der Waals surface area contributed by atoms with Crippen molar-refractivity contribution >= 4 is 23.4 Å². The number of rotatable bonds is 1. The first-order valence-electron chi connectivity index (χ1n) is 5.39. The molecular formula is C12H16N2OS. The van der Waals surface area contributed by atoms with Crippen molar-refractivity contribution in [2.24, 2.45) is 5.73 Å². The molecule has 16 heavy (non-hydrogen) atoms. The van der Waals surface area contributed by atoms with Crippen molar-refractivity contribution in [3.63, 3.8) is 0 Å². The summed E-state index contributed by atoms with van der Waals surface area (Å²) in [7, 11) is 0. The molecule has 2 rings (SSSR count). The molecule has 2 N–H and O–H groups in total. The van der Waals surface area contributed by atoms with Gasteiger partial charge in [0.1, 0.15) is 0 Å². The van der Waals surface area contributed by atoms with E-state index in [4.69, 9.17) is 5.73 Å². The summed E-state index contributed by atoms with van der Waals surface area (Å²) in [5, 5.41) is 0. The van der Waals surface area contributed by atoms with Crippen LogP contribution in [-0.4, -0.2) is 24.2 Å². The molecule has 1 amide bonds. The molecule has 1 unspecified atom stereocenters. The first-order valence-corrected chi connectivity index (χ1v) is 6.38. The molecule has 0 aromatic heterocycles. The Bertz CT molecular complexity index is 419. The van der Waals surface area contributed by atoms with Gasteiger partial charge in [-0.05, 0) is 25.5 Å². The van der Waals surface area contributed by atoms with Crippen molar-refractivity contribution in [2.75, 3.05) is 17.2 Å². The lowest BCUT2D eigenvalue weighted by Crippen LogP contribution is -2.45. The number of amides is 1. The largest absolute Gasteiger partial charge is 0.322 e. The summed E-state index contributed by atoms with van der Waals surface area (Å²) in [4.78, 5) is 14.9. The average molecular weight is 236 g/mol. The summed E-state index contributed by atoms with van der Waals surface area (Å²) in [5.41, 5.74) is 7.65. The minimum absolute atomic E-state index is 0.00310. The Kier molecular flexibility index (Phi) is 3.21. The summed E-state index contributed by atoms with van der Waals surface area (Å²) in [6, 6.07) is 6.35. The highest BCUT2D eigenvalue weighted by molar-refractivity contribution is 7.99. The zero-order valence-corrected chi connectivity index (χ0v) is 10.4. The number of fused-ring (bicyclic) bond motifs is 1. The fourth-order valence-corrected chi connectivity index (χ4v) is 3.17. The highest BCUT2D eigenvalue weighted by Gasteiger charge is 2.28. The Hall–Kier alpha value is -1.000. The number of hydrogen-bond donors (Lipinski definition) is 1. The van der Waals surface area contributed by atoms with E-state index in [1.54, 1.807) is 0 Å². The summed E-state index contributed by atoms with van der Waals surface area (Å²) in [6.07, 6.45) is 0. The van der Waals surface area contributed by atoms with Crippen molar-refractivity contribution in [3.05, 3.63) is 23.8 Å². The maximum absolute atomic E-state index is 11.9. The van der Waals surface area contributed by atoms with E-state index >= 15 is 0 Å². The van der Waals surface area contributed by atoms with Crippen LogP contribution in [0.2, 0.25) is 0 Å². The molecule has 1 aliphatic heterocycles. The second-order valence-corrected chi connectivity index (χ2v) is 5.11. The number of benzene rings is 1. The molecule has 0 saturated heterocycles. The van der Waals surface area contributed by atoms with Crippen molar-refractivity contribution < 1.29 is 4.79 Å². The minimum Gasteiger partial charge on any atom is -0.322 e. The number of carbonyl (C=O) groups is 1. The predicted molar refractivity (Wildman–Crippen MR) is 67.9 cm³/mol. The van der Waals surface area contributed by atoms with Crippen LogP contribution in [0.25, 0.3) is 0 Å². The van der Waals surface area contributed by atoms with E-state index < -0.39 is 0 Å². The molecule has 0 spiro atoms. The lowest BCUT2D eigenvalue weighted by Gasteiger charge is -2.35. The summed E-state index contributed by atoms with van der Waals surface area (Å²) < 4.78 is 0. The minimum atomic E-state index is 0.00310. The van der Waals surface area contributed by atoms with Gasteiger partial charge in [-0.2, -0.15) is 0 Å². The topological polar surface area (TPSA) is 46.3 Å². The number of anilines is 1. The second kappa shape index (κ2) is 4.47. The van der Waals surface area contributed by atoms with Crippen LogP contribution in [0.15, 0.2) is 23.1 Å². The smallest absolute Gasteiger partial charge is 0.241 e. The molecule has 1 heterocycles. The molecule has 0 fully saturated rings.